The second-order valence-electron chi connectivity index (χ2n) is 5.45. The molecule has 0 spiro atoms. The zero-order chi connectivity index (χ0) is 14.0. The number of aryl methyl sites for hydroxylation is 1. The van der Waals surface area contributed by atoms with E-state index in [1.807, 2.05) is 26.8 Å². The SMILES string of the molecule is Cc1cccc(S(=O)(=O)N(C)CC(C)(C)CN)c1.Cl. The third-order valence-corrected chi connectivity index (χ3v) is 4.70. The van der Waals surface area contributed by atoms with Crippen molar-refractivity contribution in [1.82, 2.24) is 4.31 Å². The fourth-order valence-electron chi connectivity index (χ4n) is 1.71. The lowest BCUT2D eigenvalue weighted by atomic mass is 9.94. The van der Waals surface area contributed by atoms with Gasteiger partial charge in [0.1, 0.15) is 0 Å². The quantitative estimate of drug-likeness (QED) is 0.905. The fraction of sp³-hybridized carbons (Fsp3) is 0.538. The van der Waals surface area contributed by atoms with Crippen molar-refractivity contribution in [3.63, 3.8) is 0 Å². The van der Waals surface area contributed by atoms with E-state index in [9.17, 15) is 8.42 Å². The van der Waals surface area contributed by atoms with Gasteiger partial charge in [0.05, 0.1) is 4.90 Å². The molecule has 0 radical (unpaired) electrons. The minimum Gasteiger partial charge on any atom is -0.330 e. The van der Waals surface area contributed by atoms with Gasteiger partial charge in [0.25, 0.3) is 0 Å². The normalized spacial score (nSPS) is 12.3. The van der Waals surface area contributed by atoms with Crippen LogP contribution < -0.4 is 5.73 Å². The maximum Gasteiger partial charge on any atom is 0.242 e. The monoisotopic (exact) mass is 306 g/mol. The highest BCUT2D eigenvalue weighted by Crippen LogP contribution is 2.21. The first kappa shape index (κ1) is 18.4. The second kappa shape index (κ2) is 6.70. The van der Waals surface area contributed by atoms with Crippen LogP contribution in [0.4, 0.5) is 0 Å². The topological polar surface area (TPSA) is 63.4 Å². The average molecular weight is 307 g/mol. The van der Waals surface area contributed by atoms with Crippen molar-refractivity contribution < 1.29 is 8.42 Å². The number of nitrogens with zero attached hydrogens (tertiary/aromatic N) is 1. The summed E-state index contributed by atoms with van der Waals surface area (Å²) in [6, 6.07) is 6.93. The molecule has 110 valence electrons. The number of hydrogen-bond acceptors (Lipinski definition) is 3. The van der Waals surface area contributed by atoms with Crippen molar-refractivity contribution in [2.45, 2.75) is 25.7 Å². The predicted molar refractivity (Wildman–Crippen MR) is 81.1 cm³/mol. The second-order valence-corrected chi connectivity index (χ2v) is 7.49. The van der Waals surface area contributed by atoms with Crippen LogP contribution in [-0.4, -0.2) is 32.9 Å². The molecule has 4 nitrogen and oxygen atoms in total. The highest BCUT2D eigenvalue weighted by Gasteiger charge is 2.27. The summed E-state index contributed by atoms with van der Waals surface area (Å²) in [5.41, 5.74) is 6.34. The number of halogens is 1. The van der Waals surface area contributed by atoms with Crippen LogP contribution >= 0.6 is 12.4 Å². The highest BCUT2D eigenvalue weighted by atomic mass is 35.5. The Morgan fingerprint density at radius 2 is 1.89 bits per heavy atom. The molecule has 6 heteroatoms. The minimum absolute atomic E-state index is 0. The van der Waals surface area contributed by atoms with Gasteiger partial charge in [0.2, 0.25) is 10.0 Å². The molecule has 19 heavy (non-hydrogen) atoms. The van der Waals surface area contributed by atoms with Gasteiger partial charge in [-0.25, -0.2) is 12.7 Å². The Bertz CT molecular complexity index is 515. The van der Waals surface area contributed by atoms with Crippen LogP contribution in [0.2, 0.25) is 0 Å². The molecule has 0 aliphatic rings. The third kappa shape index (κ3) is 4.76. The Balaban J connectivity index is 0.00000324. The van der Waals surface area contributed by atoms with Crippen LogP contribution in [0, 0.1) is 12.3 Å². The predicted octanol–water partition coefficient (Wildman–Crippen LogP) is 2.02. The van der Waals surface area contributed by atoms with E-state index in [1.54, 1.807) is 25.2 Å². The van der Waals surface area contributed by atoms with E-state index in [-0.39, 0.29) is 17.8 Å². The lowest BCUT2D eigenvalue weighted by Crippen LogP contribution is -2.39. The molecule has 0 aromatic heterocycles. The molecular weight excluding hydrogens is 284 g/mol. The zero-order valence-electron chi connectivity index (χ0n) is 11.9. The number of hydrogen-bond donors (Lipinski definition) is 1. The smallest absolute Gasteiger partial charge is 0.242 e. The van der Waals surface area contributed by atoms with Crippen LogP contribution in [0.15, 0.2) is 29.2 Å². The molecule has 0 saturated heterocycles. The Morgan fingerprint density at radius 1 is 1.32 bits per heavy atom. The van der Waals surface area contributed by atoms with Gasteiger partial charge in [-0.3, -0.25) is 0 Å². The standard InChI is InChI=1S/C13H22N2O2S.ClH/c1-11-6-5-7-12(8-11)18(16,17)15(4)10-13(2,3)9-14;/h5-8H,9-10,14H2,1-4H3;1H. The van der Waals surface area contributed by atoms with Gasteiger partial charge in [0, 0.05) is 13.6 Å². The van der Waals surface area contributed by atoms with Crippen molar-refractivity contribution in [3.8, 4) is 0 Å². The lowest BCUT2D eigenvalue weighted by Gasteiger charge is -2.28. The average Bonchev–Trinajstić information content (AvgIpc) is 2.28. The van der Waals surface area contributed by atoms with Crippen molar-refractivity contribution in [3.05, 3.63) is 29.8 Å². The van der Waals surface area contributed by atoms with E-state index in [4.69, 9.17) is 5.73 Å². The minimum atomic E-state index is -3.43. The zero-order valence-corrected chi connectivity index (χ0v) is 13.5. The Kier molecular flexibility index (Phi) is 6.48. The Hall–Kier alpha value is -0.620. The molecule has 0 unspecified atom stereocenters. The molecule has 0 fully saturated rings. The van der Waals surface area contributed by atoms with E-state index >= 15 is 0 Å². The van der Waals surface area contributed by atoms with Crippen LogP contribution in [-0.2, 0) is 10.0 Å². The van der Waals surface area contributed by atoms with E-state index in [0.29, 0.717) is 18.0 Å². The van der Waals surface area contributed by atoms with Crippen molar-refractivity contribution in [2.75, 3.05) is 20.1 Å². The first-order chi connectivity index (χ1) is 8.19. The molecule has 1 aromatic carbocycles. The van der Waals surface area contributed by atoms with Gasteiger partial charge in [-0.05, 0) is 36.6 Å². The van der Waals surface area contributed by atoms with Crippen molar-refractivity contribution in [1.29, 1.82) is 0 Å². The van der Waals surface area contributed by atoms with Crippen LogP contribution in [0.5, 0.6) is 0 Å². The molecule has 0 aliphatic heterocycles. The van der Waals surface area contributed by atoms with E-state index < -0.39 is 10.0 Å². The van der Waals surface area contributed by atoms with Crippen LogP contribution in [0.1, 0.15) is 19.4 Å². The van der Waals surface area contributed by atoms with Gasteiger partial charge in [0.15, 0.2) is 0 Å². The Labute approximate surface area is 122 Å². The van der Waals surface area contributed by atoms with Gasteiger partial charge in [-0.1, -0.05) is 26.0 Å². The maximum atomic E-state index is 12.4. The maximum absolute atomic E-state index is 12.4. The fourth-order valence-corrected chi connectivity index (χ4v) is 3.17. The van der Waals surface area contributed by atoms with Gasteiger partial charge in [-0.15, -0.1) is 12.4 Å². The molecular formula is C13H23ClN2O2S. The first-order valence-electron chi connectivity index (χ1n) is 5.92. The van der Waals surface area contributed by atoms with Crippen LogP contribution in [0.3, 0.4) is 0 Å². The lowest BCUT2D eigenvalue weighted by molar-refractivity contribution is 0.292. The van der Waals surface area contributed by atoms with Gasteiger partial charge >= 0.3 is 0 Å². The van der Waals surface area contributed by atoms with Crippen molar-refractivity contribution >= 4 is 22.4 Å². The largest absolute Gasteiger partial charge is 0.330 e. The summed E-state index contributed by atoms with van der Waals surface area (Å²) in [5.74, 6) is 0. The van der Waals surface area contributed by atoms with E-state index in [0.717, 1.165) is 5.56 Å². The summed E-state index contributed by atoms with van der Waals surface area (Å²) in [6.45, 7) is 6.63. The molecule has 0 saturated carbocycles. The van der Waals surface area contributed by atoms with E-state index in [1.165, 1.54) is 4.31 Å². The summed E-state index contributed by atoms with van der Waals surface area (Å²) in [6.07, 6.45) is 0. The first-order valence-corrected chi connectivity index (χ1v) is 7.36. The molecule has 1 rings (SSSR count). The summed E-state index contributed by atoms with van der Waals surface area (Å²) >= 11 is 0. The summed E-state index contributed by atoms with van der Waals surface area (Å²) in [4.78, 5) is 0.331. The number of nitrogens with two attached hydrogens (primary N) is 1. The van der Waals surface area contributed by atoms with Gasteiger partial charge in [-0.2, -0.15) is 0 Å². The van der Waals surface area contributed by atoms with Crippen LogP contribution in [0.25, 0.3) is 0 Å². The molecule has 2 N–H and O–H groups in total. The third-order valence-electron chi connectivity index (χ3n) is 2.90. The summed E-state index contributed by atoms with van der Waals surface area (Å²) in [7, 11) is -1.83. The summed E-state index contributed by atoms with van der Waals surface area (Å²) < 4.78 is 26.1. The molecule has 0 atom stereocenters. The molecule has 1 aromatic rings. The number of rotatable bonds is 5. The summed E-state index contributed by atoms with van der Waals surface area (Å²) in [5, 5.41) is 0. The number of benzene rings is 1. The molecule has 0 amide bonds. The van der Waals surface area contributed by atoms with Gasteiger partial charge < -0.3 is 5.73 Å². The highest BCUT2D eigenvalue weighted by molar-refractivity contribution is 7.89. The molecule has 0 aliphatic carbocycles. The molecule has 0 heterocycles. The van der Waals surface area contributed by atoms with E-state index in [2.05, 4.69) is 0 Å². The molecule has 0 bridgehead atoms. The number of sulfonamides is 1. The van der Waals surface area contributed by atoms with Crippen molar-refractivity contribution in [2.24, 2.45) is 11.1 Å². The Morgan fingerprint density at radius 3 is 2.37 bits per heavy atom.